The highest BCUT2D eigenvalue weighted by Crippen LogP contribution is 2.19. The smallest absolute Gasteiger partial charge is 0.258 e. The molecule has 0 atom stereocenters. The fraction of sp³-hybridized carbons (Fsp3) is 0.250. The molecule has 0 radical (unpaired) electrons. The lowest BCUT2D eigenvalue weighted by molar-refractivity contribution is 0.102. The predicted octanol–water partition coefficient (Wildman–Crippen LogP) is 3.94. The molecular weight excluding hydrogens is 390 g/mol. The maximum atomic E-state index is 13.1. The molecule has 0 aliphatic rings. The number of aryl methyl sites for hydroxylation is 1. The third-order valence-electron chi connectivity index (χ3n) is 5.21. The van der Waals surface area contributed by atoms with E-state index < -0.39 is 0 Å². The molecule has 0 saturated heterocycles. The third kappa shape index (κ3) is 4.71. The highest BCUT2D eigenvalue weighted by Gasteiger charge is 2.15. The number of carbonyl (C=O) groups excluding carboxylic acids is 1. The molecule has 0 spiro atoms. The number of hydrogen-bond donors (Lipinski definition) is 1. The van der Waals surface area contributed by atoms with Crippen LogP contribution in [0.25, 0.3) is 10.8 Å². The first-order valence-electron chi connectivity index (χ1n) is 10.4. The van der Waals surface area contributed by atoms with Crippen LogP contribution in [0.15, 0.2) is 72.2 Å². The number of pyridine rings is 1. The van der Waals surface area contributed by atoms with Gasteiger partial charge in [-0.2, -0.15) is 5.10 Å². The average Bonchev–Trinajstić information content (AvgIpc) is 3.28. The van der Waals surface area contributed by atoms with Crippen LogP contribution in [-0.2, 0) is 13.1 Å². The van der Waals surface area contributed by atoms with Crippen LogP contribution in [0.1, 0.15) is 36.2 Å². The van der Waals surface area contributed by atoms with Gasteiger partial charge in [0, 0.05) is 29.2 Å². The lowest BCUT2D eigenvalue weighted by atomic mass is 10.1. The Morgan fingerprint density at radius 2 is 1.81 bits per heavy atom. The standard InChI is InChI=1S/C24H25N5O2/c1-17(2)11-12-28-14-22(20-5-3-4-6-21(20)24(28)31)23(30)27-19-9-7-18(8-10-19)13-29-16-25-15-26-29/h3-10,14-17H,11-13H2,1-2H3,(H,27,30). The van der Waals surface area contributed by atoms with Crippen molar-refractivity contribution in [3.8, 4) is 0 Å². The van der Waals surface area contributed by atoms with Gasteiger partial charge in [0.15, 0.2) is 0 Å². The van der Waals surface area contributed by atoms with E-state index in [4.69, 9.17) is 0 Å². The lowest BCUT2D eigenvalue weighted by Gasteiger charge is -2.14. The van der Waals surface area contributed by atoms with Gasteiger partial charge in [-0.1, -0.05) is 44.2 Å². The van der Waals surface area contributed by atoms with Gasteiger partial charge < -0.3 is 9.88 Å². The monoisotopic (exact) mass is 415 g/mol. The van der Waals surface area contributed by atoms with Gasteiger partial charge in [0.2, 0.25) is 0 Å². The van der Waals surface area contributed by atoms with Crippen LogP contribution in [0.5, 0.6) is 0 Å². The summed E-state index contributed by atoms with van der Waals surface area (Å²) >= 11 is 0. The number of nitrogens with zero attached hydrogens (tertiary/aromatic N) is 4. The van der Waals surface area contributed by atoms with Gasteiger partial charge in [0.1, 0.15) is 12.7 Å². The number of fused-ring (bicyclic) bond motifs is 1. The van der Waals surface area contributed by atoms with Crippen molar-refractivity contribution in [3.05, 3.63) is 88.9 Å². The summed E-state index contributed by atoms with van der Waals surface area (Å²) in [5.74, 6) is 0.227. The van der Waals surface area contributed by atoms with Crippen LogP contribution in [0.2, 0.25) is 0 Å². The van der Waals surface area contributed by atoms with E-state index in [0.29, 0.717) is 41.0 Å². The Hall–Kier alpha value is -3.74. The Morgan fingerprint density at radius 1 is 1.06 bits per heavy atom. The molecule has 1 amide bonds. The molecule has 0 bridgehead atoms. The molecule has 4 rings (SSSR count). The number of nitrogens with one attached hydrogen (secondary N) is 1. The first kappa shape index (κ1) is 20.5. The second-order valence-corrected chi connectivity index (χ2v) is 8.01. The second kappa shape index (κ2) is 8.95. The van der Waals surface area contributed by atoms with Crippen molar-refractivity contribution in [2.24, 2.45) is 5.92 Å². The minimum Gasteiger partial charge on any atom is -0.322 e. The van der Waals surface area contributed by atoms with Crippen molar-refractivity contribution in [3.63, 3.8) is 0 Å². The molecule has 7 nitrogen and oxygen atoms in total. The molecule has 2 aromatic carbocycles. The minimum absolute atomic E-state index is 0.0646. The zero-order valence-corrected chi connectivity index (χ0v) is 17.7. The van der Waals surface area contributed by atoms with Crippen LogP contribution in [0.4, 0.5) is 5.69 Å². The molecule has 158 valence electrons. The Labute approximate surface area is 180 Å². The van der Waals surface area contributed by atoms with Crippen molar-refractivity contribution < 1.29 is 4.79 Å². The van der Waals surface area contributed by atoms with Gasteiger partial charge in [-0.15, -0.1) is 0 Å². The normalized spacial score (nSPS) is 11.2. The fourth-order valence-corrected chi connectivity index (χ4v) is 3.48. The summed E-state index contributed by atoms with van der Waals surface area (Å²) in [5, 5.41) is 8.28. The van der Waals surface area contributed by atoms with Crippen molar-refractivity contribution in [1.82, 2.24) is 19.3 Å². The quantitative estimate of drug-likeness (QED) is 0.496. The van der Waals surface area contributed by atoms with Gasteiger partial charge in [0.25, 0.3) is 11.5 Å². The van der Waals surface area contributed by atoms with E-state index in [1.54, 1.807) is 27.8 Å². The van der Waals surface area contributed by atoms with E-state index in [9.17, 15) is 9.59 Å². The second-order valence-electron chi connectivity index (χ2n) is 8.01. The third-order valence-corrected chi connectivity index (χ3v) is 5.21. The molecule has 4 aromatic rings. The van der Waals surface area contributed by atoms with E-state index in [2.05, 4.69) is 29.2 Å². The van der Waals surface area contributed by atoms with Gasteiger partial charge in [-0.3, -0.25) is 9.59 Å². The lowest BCUT2D eigenvalue weighted by Crippen LogP contribution is -2.24. The van der Waals surface area contributed by atoms with E-state index in [0.717, 1.165) is 12.0 Å². The van der Waals surface area contributed by atoms with Crippen molar-refractivity contribution in [2.45, 2.75) is 33.4 Å². The highest BCUT2D eigenvalue weighted by molar-refractivity contribution is 6.12. The van der Waals surface area contributed by atoms with Crippen molar-refractivity contribution in [2.75, 3.05) is 5.32 Å². The maximum Gasteiger partial charge on any atom is 0.258 e. The van der Waals surface area contributed by atoms with Gasteiger partial charge in [-0.05, 0) is 36.1 Å². The van der Waals surface area contributed by atoms with E-state index in [-0.39, 0.29) is 11.5 Å². The molecular formula is C24H25N5O2. The number of anilines is 1. The zero-order chi connectivity index (χ0) is 21.8. The minimum atomic E-state index is -0.237. The fourth-order valence-electron chi connectivity index (χ4n) is 3.48. The number of aromatic nitrogens is 4. The summed E-state index contributed by atoms with van der Waals surface area (Å²) in [6, 6.07) is 14.9. The Morgan fingerprint density at radius 3 is 2.48 bits per heavy atom. The molecule has 2 heterocycles. The summed E-state index contributed by atoms with van der Waals surface area (Å²) in [6.45, 7) is 5.43. The summed E-state index contributed by atoms with van der Waals surface area (Å²) in [7, 11) is 0. The van der Waals surface area contributed by atoms with Crippen LogP contribution in [0, 0.1) is 5.92 Å². The van der Waals surface area contributed by atoms with Crippen LogP contribution in [0.3, 0.4) is 0 Å². The Balaban J connectivity index is 1.59. The van der Waals surface area contributed by atoms with E-state index in [1.165, 1.54) is 6.33 Å². The molecule has 0 unspecified atom stereocenters. The summed E-state index contributed by atoms with van der Waals surface area (Å²) in [6.07, 6.45) is 5.71. The number of benzene rings is 2. The van der Waals surface area contributed by atoms with Gasteiger partial charge in [0.05, 0.1) is 12.1 Å². The average molecular weight is 415 g/mol. The van der Waals surface area contributed by atoms with E-state index >= 15 is 0 Å². The van der Waals surface area contributed by atoms with Crippen molar-refractivity contribution >= 4 is 22.4 Å². The number of hydrogen-bond acceptors (Lipinski definition) is 4. The molecule has 0 saturated carbocycles. The summed E-state index contributed by atoms with van der Waals surface area (Å²) in [5.41, 5.74) is 2.17. The molecule has 1 N–H and O–H groups in total. The molecule has 0 fully saturated rings. The largest absolute Gasteiger partial charge is 0.322 e. The SMILES string of the molecule is CC(C)CCn1cc(C(=O)Nc2ccc(Cn3cncn3)cc2)c2ccccc2c1=O. The van der Waals surface area contributed by atoms with Crippen molar-refractivity contribution in [1.29, 1.82) is 0 Å². The number of amides is 1. The predicted molar refractivity (Wildman–Crippen MR) is 121 cm³/mol. The van der Waals surface area contributed by atoms with Gasteiger partial charge in [-0.25, -0.2) is 9.67 Å². The highest BCUT2D eigenvalue weighted by atomic mass is 16.2. The van der Waals surface area contributed by atoms with Gasteiger partial charge >= 0.3 is 0 Å². The molecule has 0 aliphatic heterocycles. The first-order valence-corrected chi connectivity index (χ1v) is 10.4. The molecule has 31 heavy (non-hydrogen) atoms. The Kier molecular flexibility index (Phi) is 5.93. The van der Waals surface area contributed by atoms with E-state index in [1.807, 2.05) is 42.5 Å². The number of rotatable bonds is 7. The maximum absolute atomic E-state index is 13.1. The molecule has 0 aliphatic carbocycles. The summed E-state index contributed by atoms with van der Waals surface area (Å²) in [4.78, 5) is 29.9. The van der Waals surface area contributed by atoms with Crippen LogP contribution < -0.4 is 10.9 Å². The zero-order valence-electron chi connectivity index (χ0n) is 17.7. The molecule has 7 heteroatoms. The summed E-state index contributed by atoms with van der Waals surface area (Å²) < 4.78 is 3.39. The van der Waals surface area contributed by atoms with Crippen LogP contribution in [-0.4, -0.2) is 25.2 Å². The molecule has 2 aromatic heterocycles. The Bertz CT molecular complexity index is 1240. The van der Waals surface area contributed by atoms with Crippen LogP contribution >= 0.6 is 0 Å². The topological polar surface area (TPSA) is 81.8 Å². The number of carbonyl (C=O) groups is 1. The first-order chi connectivity index (χ1) is 15.0.